The largest absolute Gasteiger partial charge is 0.356 e. The first-order valence-corrected chi connectivity index (χ1v) is 7.19. The zero-order valence-electron chi connectivity index (χ0n) is 10.1. The third kappa shape index (κ3) is 2.11. The molecule has 0 unspecified atom stereocenters. The van der Waals surface area contributed by atoms with Crippen LogP contribution >= 0.6 is 11.3 Å². The van der Waals surface area contributed by atoms with Crippen LogP contribution in [0, 0.1) is 17.8 Å². The second-order valence-electron chi connectivity index (χ2n) is 5.28. The van der Waals surface area contributed by atoms with Crippen molar-refractivity contribution in [1.29, 1.82) is 0 Å². The summed E-state index contributed by atoms with van der Waals surface area (Å²) in [5.41, 5.74) is 1.40. The molecule has 3 rings (SSSR count). The van der Waals surface area contributed by atoms with Gasteiger partial charge in [0.25, 0.3) is 0 Å². The predicted molar refractivity (Wildman–Crippen MR) is 68.7 cm³/mol. The van der Waals surface area contributed by atoms with Gasteiger partial charge in [0.2, 0.25) is 5.91 Å². The van der Waals surface area contributed by atoms with Crippen molar-refractivity contribution in [3.05, 3.63) is 22.4 Å². The fraction of sp³-hybridized carbons (Fsp3) is 0.615. The van der Waals surface area contributed by atoms with Crippen LogP contribution in [0.15, 0.2) is 16.8 Å². The number of hydrogen-bond donors (Lipinski definition) is 1. The molecule has 92 valence electrons. The van der Waals surface area contributed by atoms with Crippen LogP contribution in [0.3, 0.4) is 0 Å². The molecule has 2 aliphatic rings. The Morgan fingerprint density at radius 3 is 3.18 bits per heavy atom. The average molecular weight is 250 g/mol. The minimum Gasteiger partial charge on any atom is -0.356 e. The molecule has 0 radical (unpaired) electrons. The summed E-state index contributed by atoms with van der Waals surface area (Å²) in [5, 5.41) is 7.37. The van der Waals surface area contributed by atoms with Gasteiger partial charge in [-0.25, -0.2) is 0 Å². The highest BCUT2D eigenvalue weighted by molar-refractivity contribution is 7.07. The van der Waals surface area contributed by atoms with Gasteiger partial charge in [-0.1, -0.05) is 6.92 Å². The first kappa shape index (κ1) is 11.2. The van der Waals surface area contributed by atoms with E-state index < -0.39 is 0 Å². The Bertz CT molecular complexity index is 404. The van der Waals surface area contributed by atoms with Gasteiger partial charge in [0, 0.05) is 32.1 Å². The quantitative estimate of drug-likeness (QED) is 0.864. The lowest BCUT2D eigenvalue weighted by molar-refractivity contribution is -0.128. The van der Waals surface area contributed by atoms with Gasteiger partial charge in [-0.05, 0) is 34.2 Å². The van der Waals surface area contributed by atoms with E-state index in [0.29, 0.717) is 11.8 Å². The summed E-state index contributed by atoms with van der Waals surface area (Å²) in [6.07, 6.45) is 0. The SMILES string of the molecule is C[C@@H]1C(=O)NC[C@H]2CN(Cc3ccsc3)C[C@H]21. The van der Waals surface area contributed by atoms with Crippen LogP contribution in [0.2, 0.25) is 0 Å². The minimum atomic E-state index is 0.182. The van der Waals surface area contributed by atoms with Crippen molar-refractivity contribution in [3.8, 4) is 0 Å². The summed E-state index contributed by atoms with van der Waals surface area (Å²) >= 11 is 1.76. The Labute approximate surface area is 106 Å². The predicted octanol–water partition coefficient (Wildman–Crippen LogP) is 1.56. The lowest BCUT2D eigenvalue weighted by Gasteiger charge is -2.30. The van der Waals surface area contributed by atoms with Gasteiger partial charge >= 0.3 is 0 Å². The molecular formula is C13H18N2OS. The van der Waals surface area contributed by atoms with E-state index in [0.717, 1.165) is 26.2 Å². The fourth-order valence-electron chi connectivity index (χ4n) is 3.13. The van der Waals surface area contributed by atoms with Crippen molar-refractivity contribution < 1.29 is 4.79 Å². The maximum atomic E-state index is 11.6. The van der Waals surface area contributed by atoms with Gasteiger partial charge in [0.15, 0.2) is 0 Å². The zero-order valence-corrected chi connectivity index (χ0v) is 10.9. The van der Waals surface area contributed by atoms with E-state index in [9.17, 15) is 4.79 Å². The molecule has 2 aliphatic heterocycles. The van der Waals surface area contributed by atoms with Crippen LogP contribution in [0.1, 0.15) is 12.5 Å². The van der Waals surface area contributed by atoms with E-state index in [1.54, 1.807) is 11.3 Å². The van der Waals surface area contributed by atoms with Gasteiger partial charge in [0.05, 0.1) is 0 Å². The van der Waals surface area contributed by atoms with E-state index in [-0.39, 0.29) is 11.8 Å². The Hall–Kier alpha value is -0.870. The summed E-state index contributed by atoms with van der Waals surface area (Å²) in [6, 6.07) is 2.19. The van der Waals surface area contributed by atoms with Crippen molar-refractivity contribution in [1.82, 2.24) is 10.2 Å². The van der Waals surface area contributed by atoms with Gasteiger partial charge in [-0.15, -0.1) is 0 Å². The number of amides is 1. The third-order valence-electron chi connectivity index (χ3n) is 4.15. The number of nitrogens with zero attached hydrogens (tertiary/aromatic N) is 1. The molecule has 17 heavy (non-hydrogen) atoms. The highest BCUT2D eigenvalue weighted by Crippen LogP contribution is 2.33. The lowest BCUT2D eigenvalue weighted by Crippen LogP contribution is -2.46. The molecule has 1 aromatic heterocycles. The van der Waals surface area contributed by atoms with Crippen molar-refractivity contribution in [3.63, 3.8) is 0 Å². The van der Waals surface area contributed by atoms with Crippen LogP contribution < -0.4 is 5.32 Å². The standard InChI is InChI=1S/C13H18N2OS/c1-9-12-7-15(5-10-2-3-17-8-10)6-11(12)4-14-13(9)16/h2-3,8-9,11-12H,4-7H2,1H3,(H,14,16)/t9-,11-,12-/m0/s1. The molecule has 0 spiro atoms. The molecule has 3 nitrogen and oxygen atoms in total. The summed E-state index contributed by atoms with van der Waals surface area (Å²) in [5.74, 6) is 1.63. The molecule has 0 bridgehead atoms. The molecular weight excluding hydrogens is 232 g/mol. The molecule has 0 aromatic carbocycles. The van der Waals surface area contributed by atoms with E-state index in [1.807, 2.05) is 0 Å². The second-order valence-corrected chi connectivity index (χ2v) is 6.06. The smallest absolute Gasteiger partial charge is 0.223 e. The molecule has 1 N–H and O–H groups in total. The molecule has 1 aromatic rings. The third-order valence-corrected chi connectivity index (χ3v) is 4.88. The van der Waals surface area contributed by atoms with Crippen molar-refractivity contribution in [2.24, 2.45) is 17.8 Å². The second kappa shape index (κ2) is 4.42. The highest BCUT2D eigenvalue weighted by atomic mass is 32.1. The number of hydrogen-bond acceptors (Lipinski definition) is 3. The Morgan fingerprint density at radius 1 is 1.53 bits per heavy atom. The number of fused-ring (bicyclic) bond motifs is 1. The maximum Gasteiger partial charge on any atom is 0.223 e. The number of rotatable bonds is 2. The molecule has 0 saturated carbocycles. The first-order chi connectivity index (χ1) is 8.24. The van der Waals surface area contributed by atoms with Crippen LogP contribution in [0.4, 0.5) is 0 Å². The highest BCUT2D eigenvalue weighted by Gasteiger charge is 2.41. The number of thiophene rings is 1. The summed E-state index contributed by atoms with van der Waals surface area (Å²) in [4.78, 5) is 14.1. The zero-order chi connectivity index (χ0) is 11.8. The maximum absolute atomic E-state index is 11.6. The first-order valence-electron chi connectivity index (χ1n) is 6.25. The van der Waals surface area contributed by atoms with Crippen LogP contribution in [0.5, 0.6) is 0 Å². The Balaban J connectivity index is 1.66. The molecule has 2 saturated heterocycles. The number of carbonyl (C=O) groups excluding carboxylic acids is 1. The van der Waals surface area contributed by atoms with Crippen molar-refractivity contribution in [2.75, 3.05) is 19.6 Å². The Morgan fingerprint density at radius 2 is 2.41 bits per heavy atom. The minimum absolute atomic E-state index is 0.182. The fourth-order valence-corrected chi connectivity index (χ4v) is 3.79. The van der Waals surface area contributed by atoms with E-state index in [1.165, 1.54) is 5.56 Å². The average Bonchev–Trinajstić information content (AvgIpc) is 2.93. The molecule has 0 aliphatic carbocycles. The van der Waals surface area contributed by atoms with E-state index >= 15 is 0 Å². The molecule has 4 heteroatoms. The lowest BCUT2D eigenvalue weighted by atomic mass is 9.81. The molecule has 2 fully saturated rings. The Kier molecular flexibility index (Phi) is 2.92. The van der Waals surface area contributed by atoms with Crippen molar-refractivity contribution in [2.45, 2.75) is 13.5 Å². The summed E-state index contributed by atoms with van der Waals surface area (Å²) in [6.45, 7) is 6.19. The van der Waals surface area contributed by atoms with Crippen molar-refractivity contribution >= 4 is 17.2 Å². The molecule has 1 amide bonds. The van der Waals surface area contributed by atoms with Gasteiger partial charge < -0.3 is 5.32 Å². The normalized spacial score (nSPS) is 33.5. The number of likely N-dealkylation sites (tertiary alicyclic amines) is 1. The van der Waals surface area contributed by atoms with Gasteiger partial charge in [-0.2, -0.15) is 11.3 Å². The molecule has 3 atom stereocenters. The van der Waals surface area contributed by atoms with Gasteiger partial charge in [0.1, 0.15) is 0 Å². The van der Waals surface area contributed by atoms with Gasteiger partial charge in [-0.3, -0.25) is 9.69 Å². The van der Waals surface area contributed by atoms with Crippen LogP contribution in [-0.2, 0) is 11.3 Å². The topological polar surface area (TPSA) is 32.3 Å². The van der Waals surface area contributed by atoms with E-state index in [2.05, 4.69) is 34.0 Å². The van der Waals surface area contributed by atoms with Crippen LogP contribution in [-0.4, -0.2) is 30.4 Å². The number of carbonyl (C=O) groups is 1. The molecule has 3 heterocycles. The number of nitrogens with one attached hydrogen (secondary N) is 1. The summed E-state index contributed by atoms with van der Waals surface area (Å²) < 4.78 is 0. The monoisotopic (exact) mass is 250 g/mol. The van der Waals surface area contributed by atoms with E-state index in [4.69, 9.17) is 0 Å². The number of piperidine rings is 1. The van der Waals surface area contributed by atoms with Crippen LogP contribution in [0.25, 0.3) is 0 Å². The summed E-state index contributed by atoms with van der Waals surface area (Å²) in [7, 11) is 0.